The molecule has 1 aromatic carbocycles. The molecule has 0 aliphatic carbocycles. The number of hydrogen-bond donors (Lipinski definition) is 2. The molecule has 1 aliphatic rings. The van der Waals surface area contributed by atoms with Crippen molar-refractivity contribution in [1.29, 1.82) is 0 Å². The van der Waals surface area contributed by atoms with Gasteiger partial charge in [-0.2, -0.15) is 4.57 Å². The van der Waals surface area contributed by atoms with Crippen LogP contribution in [0.2, 0.25) is 0 Å². The first-order chi connectivity index (χ1) is 17.6. The highest BCUT2D eigenvalue weighted by atomic mass is 16.6. The number of carbonyl (C=O) groups excluding carboxylic acids is 3. The number of esters is 1. The van der Waals surface area contributed by atoms with E-state index in [1.807, 2.05) is 23.1 Å². The van der Waals surface area contributed by atoms with E-state index in [0.717, 1.165) is 19.3 Å². The number of aliphatic hydroxyl groups is 1. The van der Waals surface area contributed by atoms with E-state index < -0.39 is 30.1 Å². The molecule has 1 saturated heterocycles. The van der Waals surface area contributed by atoms with Gasteiger partial charge >= 0.3 is 12.1 Å². The summed E-state index contributed by atoms with van der Waals surface area (Å²) in [7, 11) is 0. The van der Waals surface area contributed by atoms with Gasteiger partial charge in [-0.15, -0.1) is 0 Å². The first kappa shape index (κ1) is 28.1. The molecule has 2 N–H and O–H groups in total. The van der Waals surface area contributed by atoms with Gasteiger partial charge in [0.15, 0.2) is 18.4 Å². The molecule has 2 aromatic rings. The van der Waals surface area contributed by atoms with Crippen molar-refractivity contribution in [2.24, 2.45) is 0 Å². The van der Waals surface area contributed by atoms with E-state index in [4.69, 9.17) is 9.47 Å². The number of aromatic nitrogens is 1. The Balaban J connectivity index is 1.61. The second-order valence-corrected chi connectivity index (χ2v) is 10.3. The average Bonchev–Trinajstić information content (AvgIpc) is 2.89. The number of nitrogens with one attached hydrogen (secondary N) is 1. The number of rotatable bonds is 8. The number of ether oxygens (including phenoxy) is 2. The number of piperidine rings is 1. The van der Waals surface area contributed by atoms with E-state index in [1.54, 1.807) is 43.7 Å². The van der Waals surface area contributed by atoms with Crippen molar-refractivity contribution < 1.29 is 33.5 Å². The van der Waals surface area contributed by atoms with Crippen molar-refractivity contribution in [3.05, 3.63) is 66.0 Å². The fourth-order valence-corrected chi connectivity index (χ4v) is 4.43. The average molecular weight is 513 g/mol. The van der Waals surface area contributed by atoms with Gasteiger partial charge in [-0.1, -0.05) is 37.3 Å². The Morgan fingerprint density at radius 3 is 2.54 bits per heavy atom. The summed E-state index contributed by atoms with van der Waals surface area (Å²) in [5.74, 6) is -1.10. The van der Waals surface area contributed by atoms with Crippen molar-refractivity contribution in [3.8, 4) is 0 Å². The lowest BCUT2D eigenvalue weighted by Crippen LogP contribution is -2.48. The molecule has 9 heteroatoms. The highest BCUT2D eigenvalue weighted by Crippen LogP contribution is 2.30. The van der Waals surface area contributed by atoms with Crippen LogP contribution in [0.1, 0.15) is 68.8 Å². The van der Waals surface area contributed by atoms with Crippen molar-refractivity contribution in [3.63, 3.8) is 0 Å². The molecule has 0 spiro atoms. The normalized spacial score (nSPS) is 17.4. The molecule has 2 amide bonds. The standard InChI is InChI=1S/C28H37N3O6/c1-20(21-11-6-5-7-12-21)24-14-8-9-16-31(24)27(35)36-19-30-15-10-13-22(17-30)25(33)29-23(18-32)26(34)37-28(2,3)4/h5-7,10-13,15,17,20,23-24,32H,8-9,14,16,18-19H2,1-4H3/p+1/t20-,23+,24-/m1/s1. The molecule has 0 radical (unpaired) electrons. The molecule has 1 fully saturated rings. The van der Waals surface area contributed by atoms with E-state index >= 15 is 0 Å². The maximum Gasteiger partial charge on any atom is 0.414 e. The van der Waals surface area contributed by atoms with Gasteiger partial charge in [-0.05, 0) is 51.7 Å². The highest BCUT2D eigenvalue weighted by Gasteiger charge is 2.33. The number of nitrogens with zero attached hydrogens (tertiary/aromatic N) is 2. The molecule has 9 nitrogen and oxygen atoms in total. The number of pyridine rings is 1. The predicted molar refractivity (Wildman–Crippen MR) is 137 cm³/mol. The molecule has 3 rings (SSSR count). The first-order valence-corrected chi connectivity index (χ1v) is 12.7. The highest BCUT2D eigenvalue weighted by molar-refractivity contribution is 5.96. The van der Waals surface area contributed by atoms with Crippen molar-refractivity contribution in [1.82, 2.24) is 10.2 Å². The van der Waals surface area contributed by atoms with Crippen LogP contribution in [-0.4, -0.2) is 58.8 Å². The first-order valence-electron chi connectivity index (χ1n) is 12.7. The quantitative estimate of drug-likeness (QED) is 0.416. The lowest BCUT2D eigenvalue weighted by Gasteiger charge is -2.38. The minimum Gasteiger partial charge on any atom is -0.458 e. The van der Waals surface area contributed by atoms with E-state index in [1.165, 1.54) is 11.8 Å². The monoisotopic (exact) mass is 512 g/mol. The molecule has 1 aliphatic heterocycles. The summed E-state index contributed by atoms with van der Waals surface area (Å²) in [6.07, 6.45) is 5.72. The third-order valence-electron chi connectivity index (χ3n) is 6.32. The molecular weight excluding hydrogens is 474 g/mol. The Hall–Kier alpha value is -3.46. The summed E-state index contributed by atoms with van der Waals surface area (Å²) in [6.45, 7) is 7.23. The molecule has 0 saturated carbocycles. The molecule has 1 aromatic heterocycles. The number of hydrogen-bond acceptors (Lipinski definition) is 6. The maximum absolute atomic E-state index is 13.0. The van der Waals surface area contributed by atoms with Crippen LogP contribution >= 0.6 is 0 Å². The maximum atomic E-state index is 13.0. The fourth-order valence-electron chi connectivity index (χ4n) is 4.43. The predicted octanol–water partition coefficient (Wildman–Crippen LogP) is 3.16. The minimum absolute atomic E-state index is 0.0500. The SMILES string of the molecule is C[C@H](c1ccccc1)[C@H]1CCCCN1C(=O)OC[n+]1cccc(C(=O)N[C@@H](CO)C(=O)OC(C)(C)C)c1. The second-order valence-electron chi connectivity index (χ2n) is 10.3. The van der Waals surface area contributed by atoms with E-state index in [2.05, 4.69) is 24.4 Å². The number of likely N-dealkylation sites (tertiary alicyclic amines) is 1. The van der Waals surface area contributed by atoms with Gasteiger partial charge in [-0.3, -0.25) is 4.79 Å². The smallest absolute Gasteiger partial charge is 0.414 e. The van der Waals surface area contributed by atoms with Crippen molar-refractivity contribution in [2.45, 2.75) is 77.3 Å². The van der Waals surface area contributed by atoms with Gasteiger partial charge < -0.3 is 24.8 Å². The summed E-state index contributed by atoms with van der Waals surface area (Å²) in [4.78, 5) is 39.8. The van der Waals surface area contributed by atoms with Crippen LogP contribution in [0, 0.1) is 0 Å². The topological polar surface area (TPSA) is 109 Å². The van der Waals surface area contributed by atoms with Crippen molar-refractivity contribution in [2.75, 3.05) is 13.2 Å². The van der Waals surface area contributed by atoms with Crippen LogP contribution < -0.4 is 9.88 Å². The van der Waals surface area contributed by atoms with Crippen LogP contribution in [0.5, 0.6) is 0 Å². The van der Waals surface area contributed by atoms with Crippen LogP contribution in [-0.2, 0) is 21.0 Å². The zero-order chi connectivity index (χ0) is 27.0. The number of amides is 2. The van der Waals surface area contributed by atoms with Gasteiger partial charge in [0, 0.05) is 24.6 Å². The Labute approximate surface area is 218 Å². The third kappa shape index (κ3) is 8.01. The molecule has 2 heterocycles. The lowest BCUT2D eigenvalue weighted by atomic mass is 9.87. The summed E-state index contributed by atoms with van der Waals surface area (Å²) >= 11 is 0. The van der Waals surface area contributed by atoms with E-state index in [-0.39, 0.29) is 30.3 Å². The molecule has 3 atom stereocenters. The molecule has 37 heavy (non-hydrogen) atoms. The summed E-state index contributed by atoms with van der Waals surface area (Å²) in [5, 5.41) is 12.1. The van der Waals surface area contributed by atoms with Crippen LogP contribution in [0.25, 0.3) is 0 Å². The summed E-state index contributed by atoms with van der Waals surface area (Å²) < 4.78 is 12.4. The zero-order valence-electron chi connectivity index (χ0n) is 22.1. The van der Waals surface area contributed by atoms with Gasteiger partial charge in [0.05, 0.1) is 6.61 Å². The fraction of sp³-hybridized carbons (Fsp3) is 0.500. The Morgan fingerprint density at radius 2 is 1.86 bits per heavy atom. The Morgan fingerprint density at radius 1 is 1.14 bits per heavy atom. The third-order valence-corrected chi connectivity index (χ3v) is 6.32. The van der Waals surface area contributed by atoms with Gasteiger partial charge in [0.2, 0.25) is 0 Å². The number of carbonyl (C=O) groups is 3. The van der Waals surface area contributed by atoms with Gasteiger partial charge in [0.25, 0.3) is 12.6 Å². The van der Waals surface area contributed by atoms with Crippen molar-refractivity contribution >= 4 is 18.0 Å². The Bertz CT molecular complexity index is 1070. The van der Waals surface area contributed by atoms with E-state index in [0.29, 0.717) is 6.54 Å². The zero-order valence-corrected chi connectivity index (χ0v) is 22.1. The largest absolute Gasteiger partial charge is 0.458 e. The van der Waals surface area contributed by atoms with Crippen LogP contribution in [0.4, 0.5) is 4.79 Å². The number of benzene rings is 1. The lowest BCUT2D eigenvalue weighted by molar-refractivity contribution is -0.727. The van der Waals surface area contributed by atoms with Crippen LogP contribution in [0.15, 0.2) is 54.9 Å². The molecule has 200 valence electrons. The van der Waals surface area contributed by atoms with E-state index in [9.17, 15) is 19.5 Å². The molecule has 0 bridgehead atoms. The summed E-state index contributed by atoms with van der Waals surface area (Å²) in [5.41, 5.74) is 0.683. The van der Waals surface area contributed by atoms with Gasteiger partial charge in [0.1, 0.15) is 11.2 Å². The number of aliphatic hydroxyl groups excluding tert-OH is 1. The molecular formula is C28H38N3O6+. The second kappa shape index (κ2) is 12.7. The van der Waals surface area contributed by atoms with Gasteiger partial charge in [-0.25, -0.2) is 9.59 Å². The molecule has 0 unspecified atom stereocenters. The Kier molecular flexibility index (Phi) is 9.63. The minimum atomic E-state index is -1.19. The van der Waals surface area contributed by atoms with Crippen LogP contribution in [0.3, 0.4) is 0 Å². The summed E-state index contributed by atoms with van der Waals surface area (Å²) in [6, 6.07) is 12.2.